The molecule has 2 saturated heterocycles. The zero-order valence-electron chi connectivity index (χ0n) is 22.1. The van der Waals surface area contributed by atoms with E-state index in [-0.39, 0.29) is 30.1 Å². The van der Waals surface area contributed by atoms with Crippen molar-refractivity contribution in [1.82, 2.24) is 0 Å². The van der Waals surface area contributed by atoms with Gasteiger partial charge in [-0.3, -0.25) is 0 Å². The van der Waals surface area contributed by atoms with E-state index >= 15 is 0 Å². The predicted octanol–water partition coefficient (Wildman–Crippen LogP) is 6.66. The first-order valence-electron chi connectivity index (χ1n) is 13.9. The van der Waals surface area contributed by atoms with Gasteiger partial charge in [0, 0.05) is 26.7 Å². The monoisotopic (exact) mass is 482 g/mol. The van der Waals surface area contributed by atoms with Gasteiger partial charge in [-0.05, 0) is 90.6 Å². The molecule has 6 nitrogen and oxygen atoms in total. The van der Waals surface area contributed by atoms with Gasteiger partial charge in [-0.1, -0.05) is 25.3 Å². The molecule has 3 heterocycles. The van der Waals surface area contributed by atoms with Crippen molar-refractivity contribution in [3.8, 4) is 0 Å². The second-order valence-corrected chi connectivity index (χ2v) is 10.9. The summed E-state index contributed by atoms with van der Waals surface area (Å²) in [5.41, 5.74) is -0.475. The number of ether oxygens (including phenoxy) is 6. The van der Waals surface area contributed by atoms with Crippen molar-refractivity contribution in [2.24, 2.45) is 0 Å². The SMILES string of the molecule is COC1CCC(C)(OC2C=CCC(C)(OC3CCCCCCCO3)CCCCO2)CCCCO1. The fourth-order valence-corrected chi connectivity index (χ4v) is 5.25. The van der Waals surface area contributed by atoms with Crippen LogP contribution in [0.2, 0.25) is 0 Å². The minimum atomic E-state index is -0.337. The van der Waals surface area contributed by atoms with E-state index in [2.05, 4.69) is 26.0 Å². The molecule has 0 N–H and O–H groups in total. The van der Waals surface area contributed by atoms with Crippen LogP contribution in [0.3, 0.4) is 0 Å². The molecule has 0 aromatic heterocycles. The van der Waals surface area contributed by atoms with E-state index in [4.69, 9.17) is 28.4 Å². The summed E-state index contributed by atoms with van der Waals surface area (Å²) in [6, 6.07) is 0. The molecule has 3 aliphatic rings. The molecular formula is C28H50O6. The van der Waals surface area contributed by atoms with Crippen molar-refractivity contribution in [2.45, 2.75) is 140 Å². The Balaban J connectivity index is 1.59. The number of rotatable bonds is 5. The van der Waals surface area contributed by atoms with E-state index in [1.165, 1.54) is 25.7 Å². The molecule has 0 aliphatic carbocycles. The fourth-order valence-electron chi connectivity index (χ4n) is 5.25. The summed E-state index contributed by atoms with van der Waals surface area (Å²) >= 11 is 0. The zero-order chi connectivity index (χ0) is 24.1. The summed E-state index contributed by atoms with van der Waals surface area (Å²) in [4.78, 5) is 0. The first kappa shape index (κ1) is 28.1. The van der Waals surface area contributed by atoms with E-state index in [1.54, 1.807) is 7.11 Å². The maximum Gasteiger partial charge on any atom is 0.177 e. The van der Waals surface area contributed by atoms with Gasteiger partial charge in [-0.15, -0.1) is 0 Å². The molecule has 3 rings (SSSR count). The van der Waals surface area contributed by atoms with E-state index in [1.807, 2.05) is 0 Å². The first-order chi connectivity index (χ1) is 16.5. The lowest BCUT2D eigenvalue weighted by atomic mass is 9.93. The molecule has 2 fully saturated rings. The fraction of sp³-hybridized carbons (Fsp3) is 0.929. The highest BCUT2D eigenvalue weighted by molar-refractivity contribution is 4.94. The van der Waals surface area contributed by atoms with E-state index < -0.39 is 0 Å². The Kier molecular flexibility index (Phi) is 12.3. The smallest absolute Gasteiger partial charge is 0.177 e. The van der Waals surface area contributed by atoms with Crippen LogP contribution >= 0.6 is 0 Å². The lowest BCUT2D eigenvalue weighted by molar-refractivity contribution is -0.212. The zero-order valence-corrected chi connectivity index (χ0v) is 22.1. The van der Waals surface area contributed by atoms with Crippen LogP contribution in [0.25, 0.3) is 0 Å². The molecule has 5 unspecified atom stereocenters. The van der Waals surface area contributed by atoms with Crippen molar-refractivity contribution in [2.75, 3.05) is 26.9 Å². The topological polar surface area (TPSA) is 55.4 Å². The summed E-state index contributed by atoms with van der Waals surface area (Å²) in [5.74, 6) is 0. The van der Waals surface area contributed by atoms with Crippen molar-refractivity contribution >= 4 is 0 Å². The Morgan fingerprint density at radius 1 is 0.647 bits per heavy atom. The van der Waals surface area contributed by atoms with Crippen LogP contribution in [0.5, 0.6) is 0 Å². The van der Waals surface area contributed by atoms with Crippen molar-refractivity contribution in [3.63, 3.8) is 0 Å². The molecule has 0 aromatic rings. The van der Waals surface area contributed by atoms with Gasteiger partial charge in [-0.2, -0.15) is 0 Å². The molecule has 34 heavy (non-hydrogen) atoms. The second-order valence-electron chi connectivity index (χ2n) is 10.9. The maximum absolute atomic E-state index is 6.63. The van der Waals surface area contributed by atoms with Crippen LogP contribution < -0.4 is 0 Å². The number of hydrogen-bond acceptors (Lipinski definition) is 6. The van der Waals surface area contributed by atoms with Gasteiger partial charge in [0.1, 0.15) is 0 Å². The highest BCUT2D eigenvalue weighted by atomic mass is 16.7. The minimum absolute atomic E-state index is 0.0866. The average molecular weight is 483 g/mol. The van der Waals surface area contributed by atoms with Gasteiger partial charge in [0.25, 0.3) is 0 Å². The third-order valence-electron chi connectivity index (χ3n) is 7.50. The Hall–Kier alpha value is -0.500. The summed E-state index contributed by atoms with van der Waals surface area (Å²) < 4.78 is 36.9. The summed E-state index contributed by atoms with van der Waals surface area (Å²) in [7, 11) is 1.72. The van der Waals surface area contributed by atoms with Crippen LogP contribution in [-0.4, -0.2) is 57.0 Å². The van der Waals surface area contributed by atoms with Crippen molar-refractivity contribution < 1.29 is 28.4 Å². The highest BCUT2D eigenvalue weighted by Gasteiger charge is 2.32. The van der Waals surface area contributed by atoms with Crippen LogP contribution in [0.4, 0.5) is 0 Å². The lowest BCUT2D eigenvalue weighted by Crippen LogP contribution is -2.37. The average Bonchev–Trinajstić information content (AvgIpc) is 2.99. The molecule has 5 atom stereocenters. The Bertz CT molecular complexity index is 573. The minimum Gasteiger partial charge on any atom is -0.356 e. The molecule has 0 aromatic carbocycles. The van der Waals surface area contributed by atoms with Gasteiger partial charge in [-0.25, -0.2) is 0 Å². The standard InChI is InChI=1S/C28H50O6/c1-27(33-25-14-7-5-4-6-10-21-31-25)17-8-12-23-32-26(15-13-19-27)34-28(2)18-9-11-22-30-24(29-3)16-20-28/h13,15,24-26H,4-12,14,16-23H2,1-3H3. The summed E-state index contributed by atoms with van der Waals surface area (Å²) in [6.45, 7) is 6.72. The molecule has 0 saturated carbocycles. The second kappa shape index (κ2) is 14.9. The molecule has 6 heteroatoms. The van der Waals surface area contributed by atoms with Crippen molar-refractivity contribution in [3.05, 3.63) is 12.2 Å². The molecule has 0 radical (unpaired) electrons. The molecule has 0 bridgehead atoms. The Labute approximate surface area is 208 Å². The van der Waals surface area contributed by atoms with Gasteiger partial charge in [0.05, 0.1) is 17.8 Å². The summed E-state index contributed by atoms with van der Waals surface area (Å²) in [6.07, 6.45) is 19.7. The van der Waals surface area contributed by atoms with Crippen molar-refractivity contribution in [1.29, 1.82) is 0 Å². The molecular weight excluding hydrogens is 432 g/mol. The lowest BCUT2D eigenvalue weighted by Gasteiger charge is -2.36. The number of methoxy groups -OCH3 is 1. The Morgan fingerprint density at radius 3 is 2.09 bits per heavy atom. The molecule has 198 valence electrons. The van der Waals surface area contributed by atoms with Crippen LogP contribution in [0.1, 0.15) is 110 Å². The maximum atomic E-state index is 6.63. The number of hydrogen-bond donors (Lipinski definition) is 0. The highest BCUT2D eigenvalue weighted by Crippen LogP contribution is 2.32. The van der Waals surface area contributed by atoms with E-state index in [9.17, 15) is 0 Å². The van der Waals surface area contributed by atoms with Gasteiger partial charge >= 0.3 is 0 Å². The third kappa shape index (κ3) is 10.2. The van der Waals surface area contributed by atoms with E-state index in [0.29, 0.717) is 6.61 Å². The van der Waals surface area contributed by atoms with Gasteiger partial charge in [0.15, 0.2) is 18.9 Å². The predicted molar refractivity (Wildman–Crippen MR) is 134 cm³/mol. The van der Waals surface area contributed by atoms with Crippen LogP contribution in [-0.2, 0) is 28.4 Å². The third-order valence-corrected chi connectivity index (χ3v) is 7.50. The quantitative estimate of drug-likeness (QED) is 0.408. The Morgan fingerprint density at radius 2 is 1.29 bits per heavy atom. The molecule has 3 aliphatic heterocycles. The van der Waals surface area contributed by atoms with Gasteiger partial charge in [0.2, 0.25) is 0 Å². The molecule has 0 amide bonds. The normalized spacial score (nSPS) is 37.9. The summed E-state index contributed by atoms with van der Waals surface area (Å²) in [5, 5.41) is 0. The first-order valence-corrected chi connectivity index (χ1v) is 13.9. The van der Waals surface area contributed by atoms with Crippen LogP contribution in [0, 0.1) is 0 Å². The van der Waals surface area contributed by atoms with Gasteiger partial charge < -0.3 is 28.4 Å². The molecule has 0 spiro atoms. The van der Waals surface area contributed by atoms with Crippen LogP contribution in [0.15, 0.2) is 12.2 Å². The van der Waals surface area contributed by atoms with E-state index in [0.717, 1.165) is 83.8 Å². The largest absolute Gasteiger partial charge is 0.356 e.